The molecule has 0 atom stereocenters. The quantitative estimate of drug-likeness (QED) is 0.670. The van der Waals surface area contributed by atoms with Gasteiger partial charge in [0.2, 0.25) is 10.0 Å². The van der Waals surface area contributed by atoms with Gasteiger partial charge >= 0.3 is 0 Å². The van der Waals surface area contributed by atoms with Gasteiger partial charge in [0.05, 0.1) is 23.0 Å². The van der Waals surface area contributed by atoms with Crippen LogP contribution in [0.1, 0.15) is 12.8 Å². The van der Waals surface area contributed by atoms with Gasteiger partial charge in [-0.15, -0.1) is 0 Å². The van der Waals surface area contributed by atoms with Crippen LogP contribution in [-0.4, -0.2) is 33.0 Å². The molecule has 1 rings (SSSR count). The first-order valence-corrected chi connectivity index (χ1v) is 8.78. The zero-order valence-electron chi connectivity index (χ0n) is 10.3. The van der Waals surface area contributed by atoms with Crippen molar-refractivity contribution in [3.8, 4) is 5.75 Å². The van der Waals surface area contributed by atoms with E-state index in [1.165, 1.54) is 7.11 Å². The van der Waals surface area contributed by atoms with E-state index in [1.54, 1.807) is 12.1 Å². The van der Waals surface area contributed by atoms with Gasteiger partial charge in [-0.3, -0.25) is 4.72 Å². The Labute approximate surface area is 129 Å². The Bertz CT molecular complexity index is 534. The van der Waals surface area contributed by atoms with Crippen molar-refractivity contribution in [1.29, 1.82) is 0 Å². The van der Waals surface area contributed by atoms with Crippen LogP contribution in [0.4, 0.5) is 5.69 Å². The molecular weight excluding hydrogens is 402 g/mol. The number of aliphatic hydroxyl groups is 1. The number of hydrogen-bond donors (Lipinski definition) is 2. The summed E-state index contributed by atoms with van der Waals surface area (Å²) in [7, 11) is -1.92. The molecule has 0 aliphatic heterocycles. The van der Waals surface area contributed by atoms with Crippen LogP contribution in [0, 0.1) is 0 Å². The number of methoxy groups -OCH3 is 1. The molecule has 0 unspecified atom stereocenters. The van der Waals surface area contributed by atoms with Crippen molar-refractivity contribution in [2.75, 3.05) is 24.2 Å². The van der Waals surface area contributed by atoms with Crippen molar-refractivity contribution in [2.24, 2.45) is 0 Å². The smallest absolute Gasteiger partial charge is 0.232 e. The molecule has 0 heterocycles. The molecule has 2 N–H and O–H groups in total. The lowest BCUT2D eigenvalue weighted by Gasteiger charge is -2.12. The molecule has 19 heavy (non-hydrogen) atoms. The molecule has 5 nitrogen and oxygen atoms in total. The molecule has 0 aliphatic carbocycles. The number of unbranched alkanes of at least 4 members (excludes halogenated alkanes) is 1. The SMILES string of the molecule is COc1cc(NS(=O)(=O)CCCCO)c(Br)cc1Br. The zero-order chi connectivity index (χ0) is 14.5. The fourth-order valence-corrected chi connectivity index (χ4v) is 3.96. The first-order valence-electron chi connectivity index (χ1n) is 5.54. The van der Waals surface area contributed by atoms with Crippen molar-refractivity contribution in [2.45, 2.75) is 12.8 Å². The van der Waals surface area contributed by atoms with E-state index < -0.39 is 10.0 Å². The van der Waals surface area contributed by atoms with E-state index in [1.807, 2.05) is 0 Å². The van der Waals surface area contributed by atoms with Crippen molar-refractivity contribution in [1.82, 2.24) is 0 Å². The Morgan fingerprint density at radius 3 is 2.53 bits per heavy atom. The Morgan fingerprint density at radius 1 is 1.26 bits per heavy atom. The van der Waals surface area contributed by atoms with Gasteiger partial charge in [-0.1, -0.05) is 0 Å². The minimum atomic E-state index is -3.43. The van der Waals surface area contributed by atoms with Crippen molar-refractivity contribution >= 4 is 47.6 Å². The number of halogens is 2. The maximum absolute atomic E-state index is 11.8. The summed E-state index contributed by atoms with van der Waals surface area (Å²) >= 11 is 6.60. The molecule has 0 aliphatic rings. The zero-order valence-corrected chi connectivity index (χ0v) is 14.3. The average Bonchev–Trinajstić information content (AvgIpc) is 2.32. The summed E-state index contributed by atoms with van der Waals surface area (Å²) in [5.74, 6) is 0.509. The van der Waals surface area contributed by atoms with Crippen LogP contribution in [0.2, 0.25) is 0 Å². The van der Waals surface area contributed by atoms with Crippen LogP contribution in [-0.2, 0) is 10.0 Å². The highest BCUT2D eigenvalue weighted by molar-refractivity contribution is 9.11. The summed E-state index contributed by atoms with van der Waals surface area (Å²) in [6.07, 6.45) is 0.878. The van der Waals surface area contributed by atoms with Crippen LogP contribution < -0.4 is 9.46 Å². The molecular formula is C11H15Br2NO4S. The van der Waals surface area contributed by atoms with Crippen molar-refractivity contribution in [3.63, 3.8) is 0 Å². The lowest BCUT2D eigenvalue weighted by Crippen LogP contribution is -2.17. The molecule has 0 amide bonds. The predicted molar refractivity (Wildman–Crippen MR) is 82.1 cm³/mol. The summed E-state index contributed by atoms with van der Waals surface area (Å²) in [6.45, 7) is -0.00861. The molecule has 0 saturated heterocycles. The third-order valence-electron chi connectivity index (χ3n) is 2.33. The number of benzene rings is 1. The maximum Gasteiger partial charge on any atom is 0.232 e. The summed E-state index contributed by atoms with van der Waals surface area (Å²) in [4.78, 5) is 0. The second-order valence-electron chi connectivity index (χ2n) is 3.82. The minimum absolute atomic E-state index is 0.00861. The number of nitrogens with one attached hydrogen (secondary N) is 1. The third kappa shape index (κ3) is 5.29. The predicted octanol–water partition coefficient (Wildman–Crippen LogP) is 2.73. The second kappa shape index (κ2) is 7.47. The summed E-state index contributed by atoms with van der Waals surface area (Å²) in [5.41, 5.74) is 0.420. The highest BCUT2D eigenvalue weighted by atomic mass is 79.9. The highest BCUT2D eigenvalue weighted by Gasteiger charge is 2.14. The van der Waals surface area contributed by atoms with Crippen LogP contribution in [0.5, 0.6) is 5.75 Å². The number of sulfonamides is 1. The molecule has 8 heteroatoms. The minimum Gasteiger partial charge on any atom is -0.495 e. The van der Waals surface area contributed by atoms with E-state index in [-0.39, 0.29) is 12.4 Å². The molecule has 0 aromatic heterocycles. The number of aliphatic hydroxyl groups excluding tert-OH is 1. The van der Waals surface area contributed by atoms with Gasteiger partial charge in [0.25, 0.3) is 0 Å². The fraction of sp³-hybridized carbons (Fsp3) is 0.455. The summed E-state index contributed by atoms with van der Waals surface area (Å²) < 4.78 is 32.6. The summed E-state index contributed by atoms with van der Waals surface area (Å²) in [6, 6.07) is 3.31. The molecule has 1 aromatic carbocycles. The maximum atomic E-state index is 11.8. The van der Waals surface area contributed by atoms with E-state index in [4.69, 9.17) is 9.84 Å². The largest absolute Gasteiger partial charge is 0.495 e. The van der Waals surface area contributed by atoms with Crippen LogP contribution in [0.15, 0.2) is 21.1 Å². The molecule has 0 bridgehead atoms. The first kappa shape index (κ1) is 16.7. The Kier molecular flexibility index (Phi) is 6.58. The Balaban J connectivity index is 2.87. The highest BCUT2D eigenvalue weighted by Crippen LogP contribution is 2.35. The van der Waals surface area contributed by atoms with E-state index in [0.717, 1.165) is 4.47 Å². The molecule has 0 saturated carbocycles. The lowest BCUT2D eigenvalue weighted by molar-refractivity contribution is 0.287. The van der Waals surface area contributed by atoms with Gasteiger partial charge in [0, 0.05) is 17.1 Å². The van der Waals surface area contributed by atoms with Gasteiger partial charge < -0.3 is 9.84 Å². The molecule has 108 valence electrons. The lowest BCUT2D eigenvalue weighted by atomic mass is 10.3. The normalized spacial score (nSPS) is 11.4. The van der Waals surface area contributed by atoms with Gasteiger partial charge in [-0.05, 0) is 50.8 Å². The molecule has 0 fully saturated rings. The van der Waals surface area contributed by atoms with Crippen molar-refractivity contribution < 1.29 is 18.3 Å². The van der Waals surface area contributed by atoms with Crippen LogP contribution >= 0.6 is 31.9 Å². The van der Waals surface area contributed by atoms with Gasteiger partial charge in [-0.2, -0.15) is 0 Å². The first-order chi connectivity index (χ1) is 8.89. The number of anilines is 1. The van der Waals surface area contributed by atoms with Gasteiger partial charge in [0.15, 0.2) is 0 Å². The molecule has 1 aromatic rings. The number of ether oxygens (including phenoxy) is 1. The van der Waals surface area contributed by atoms with E-state index in [9.17, 15) is 8.42 Å². The van der Waals surface area contributed by atoms with E-state index in [2.05, 4.69) is 36.6 Å². The standard InChI is InChI=1S/C11H15Br2NO4S/c1-18-11-7-10(8(12)6-9(11)13)14-19(16,17)5-3-2-4-15/h6-7,14-15H,2-5H2,1H3. The third-order valence-corrected chi connectivity index (χ3v) is 4.96. The number of rotatable bonds is 7. The van der Waals surface area contributed by atoms with Gasteiger partial charge in [-0.25, -0.2) is 8.42 Å². The topological polar surface area (TPSA) is 75.6 Å². The molecule has 0 spiro atoms. The van der Waals surface area contributed by atoms with Crippen LogP contribution in [0.3, 0.4) is 0 Å². The number of hydrogen-bond acceptors (Lipinski definition) is 4. The Hall–Kier alpha value is -0.310. The monoisotopic (exact) mass is 415 g/mol. The summed E-state index contributed by atoms with van der Waals surface area (Å²) in [5, 5.41) is 8.65. The van der Waals surface area contributed by atoms with Crippen molar-refractivity contribution in [3.05, 3.63) is 21.1 Å². The second-order valence-corrected chi connectivity index (χ2v) is 7.37. The van der Waals surface area contributed by atoms with Gasteiger partial charge in [0.1, 0.15) is 5.75 Å². The van der Waals surface area contributed by atoms with Crippen LogP contribution in [0.25, 0.3) is 0 Å². The van der Waals surface area contributed by atoms with E-state index >= 15 is 0 Å². The Morgan fingerprint density at radius 2 is 1.95 bits per heavy atom. The molecule has 0 radical (unpaired) electrons. The average molecular weight is 417 g/mol. The van der Waals surface area contributed by atoms with E-state index in [0.29, 0.717) is 28.8 Å². The fourth-order valence-electron chi connectivity index (χ4n) is 1.39.